The van der Waals surface area contributed by atoms with Crippen LogP contribution in [0.25, 0.3) is 0 Å². The van der Waals surface area contributed by atoms with E-state index in [2.05, 4.69) is 11.1 Å². The molecule has 5 nitrogen and oxygen atoms in total. The number of ether oxygens (including phenoxy) is 1. The maximum Gasteiger partial charge on any atom is 0.253 e. The first-order valence-corrected chi connectivity index (χ1v) is 7.79. The third-order valence-electron chi connectivity index (χ3n) is 3.83. The van der Waals surface area contributed by atoms with E-state index in [1.54, 1.807) is 24.2 Å². The second kappa shape index (κ2) is 8.11. The Morgan fingerprint density at radius 1 is 1.38 bits per heavy atom. The molecule has 2 rings (SSSR count). The van der Waals surface area contributed by atoms with Gasteiger partial charge in [0.25, 0.3) is 5.91 Å². The number of benzene rings is 1. The Morgan fingerprint density at radius 2 is 2.17 bits per heavy atom. The summed E-state index contributed by atoms with van der Waals surface area (Å²) in [4.78, 5) is 18.3. The summed E-state index contributed by atoms with van der Waals surface area (Å²) in [6, 6.07) is 13.1. The summed E-state index contributed by atoms with van der Waals surface area (Å²) in [7, 11) is 1.71. The van der Waals surface area contributed by atoms with Crippen molar-refractivity contribution in [3.05, 3.63) is 59.4 Å². The van der Waals surface area contributed by atoms with Crippen LogP contribution in [0, 0.1) is 18.3 Å². The summed E-state index contributed by atoms with van der Waals surface area (Å²) < 4.78 is 5.70. The maximum atomic E-state index is 12.5. The van der Waals surface area contributed by atoms with Crippen LogP contribution in [-0.4, -0.2) is 28.9 Å². The summed E-state index contributed by atoms with van der Waals surface area (Å²) in [5.41, 5.74) is 2.43. The van der Waals surface area contributed by atoms with Gasteiger partial charge in [0.2, 0.25) is 0 Å². The van der Waals surface area contributed by atoms with Gasteiger partial charge in [-0.2, -0.15) is 5.26 Å². The summed E-state index contributed by atoms with van der Waals surface area (Å²) in [6.45, 7) is 4.14. The van der Waals surface area contributed by atoms with E-state index >= 15 is 0 Å². The van der Waals surface area contributed by atoms with Crippen LogP contribution in [0.4, 0.5) is 0 Å². The lowest BCUT2D eigenvalue weighted by atomic mass is 10.1. The van der Waals surface area contributed by atoms with Gasteiger partial charge in [-0.25, -0.2) is 0 Å². The van der Waals surface area contributed by atoms with Crippen molar-refractivity contribution in [2.75, 3.05) is 7.05 Å². The van der Waals surface area contributed by atoms with Crippen LogP contribution in [-0.2, 0) is 6.61 Å². The van der Waals surface area contributed by atoms with Crippen LogP contribution in [0.5, 0.6) is 5.75 Å². The molecule has 0 aliphatic rings. The minimum absolute atomic E-state index is 0.100. The number of nitriles is 1. The first-order chi connectivity index (χ1) is 11.5. The van der Waals surface area contributed by atoms with Crippen LogP contribution in [0.1, 0.15) is 35.0 Å². The van der Waals surface area contributed by atoms with Gasteiger partial charge in [0.05, 0.1) is 18.7 Å². The molecule has 0 bridgehead atoms. The highest BCUT2D eigenvalue weighted by Crippen LogP contribution is 2.14. The van der Waals surface area contributed by atoms with Crippen LogP contribution in [0.15, 0.2) is 42.6 Å². The highest BCUT2D eigenvalue weighted by atomic mass is 16.5. The summed E-state index contributed by atoms with van der Waals surface area (Å²) >= 11 is 0. The number of carbonyl (C=O) groups is 1. The predicted octanol–water partition coefficient (Wildman–Crippen LogP) is 3.34. The molecule has 0 N–H and O–H groups in total. The fourth-order valence-corrected chi connectivity index (χ4v) is 2.17. The molecule has 24 heavy (non-hydrogen) atoms. The number of hydrogen-bond donors (Lipinski definition) is 0. The van der Waals surface area contributed by atoms with Gasteiger partial charge >= 0.3 is 0 Å². The summed E-state index contributed by atoms with van der Waals surface area (Å²) in [5.74, 6) is 0.591. The molecule has 0 aliphatic carbocycles. The molecule has 0 radical (unpaired) electrons. The third-order valence-corrected chi connectivity index (χ3v) is 3.83. The largest absolute Gasteiger partial charge is 0.487 e. The van der Waals surface area contributed by atoms with Gasteiger partial charge in [0.1, 0.15) is 12.4 Å². The zero-order valence-electron chi connectivity index (χ0n) is 14.2. The fourth-order valence-electron chi connectivity index (χ4n) is 2.17. The number of amides is 1. The van der Waals surface area contributed by atoms with Crippen molar-refractivity contribution in [3.63, 3.8) is 0 Å². The van der Waals surface area contributed by atoms with Crippen molar-refractivity contribution in [3.8, 4) is 11.8 Å². The fraction of sp³-hybridized carbons (Fsp3) is 0.316. The number of aromatic nitrogens is 1. The van der Waals surface area contributed by atoms with Crippen molar-refractivity contribution < 1.29 is 9.53 Å². The molecule has 1 atom stereocenters. The zero-order chi connectivity index (χ0) is 17.5. The van der Waals surface area contributed by atoms with Gasteiger partial charge in [-0.15, -0.1) is 0 Å². The highest BCUT2D eigenvalue weighted by Gasteiger charge is 2.17. The Kier molecular flexibility index (Phi) is 5.91. The molecular weight excluding hydrogens is 302 g/mol. The van der Waals surface area contributed by atoms with E-state index in [9.17, 15) is 4.79 Å². The first-order valence-electron chi connectivity index (χ1n) is 7.79. The van der Waals surface area contributed by atoms with Crippen molar-refractivity contribution in [1.82, 2.24) is 9.88 Å². The monoisotopic (exact) mass is 323 g/mol. The van der Waals surface area contributed by atoms with E-state index in [0.717, 1.165) is 11.3 Å². The van der Waals surface area contributed by atoms with Gasteiger partial charge in [-0.1, -0.05) is 12.1 Å². The Hall–Kier alpha value is -2.87. The van der Waals surface area contributed by atoms with Crippen molar-refractivity contribution >= 4 is 5.91 Å². The first kappa shape index (κ1) is 17.5. The molecule has 0 saturated carbocycles. The lowest BCUT2D eigenvalue weighted by molar-refractivity contribution is 0.0746. The number of hydrogen-bond acceptors (Lipinski definition) is 4. The molecule has 1 aromatic heterocycles. The van der Waals surface area contributed by atoms with Crippen LogP contribution >= 0.6 is 0 Å². The van der Waals surface area contributed by atoms with Gasteiger partial charge < -0.3 is 9.64 Å². The second-order valence-corrected chi connectivity index (χ2v) is 5.75. The molecule has 1 amide bonds. The smallest absolute Gasteiger partial charge is 0.253 e. The summed E-state index contributed by atoms with van der Waals surface area (Å²) in [5, 5.41) is 8.77. The third kappa shape index (κ3) is 4.56. The Labute approximate surface area is 142 Å². The van der Waals surface area contributed by atoms with Gasteiger partial charge in [-0.3, -0.25) is 9.78 Å². The molecule has 0 saturated heterocycles. The average molecular weight is 323 g/mol. The predicted molar refractivity (Wildman–Crippen MR) is 91.5 cm³/mol. The van der Waals surface area contributed by atoms with Gasteiger partial charge in [0, 0.05) is 24.3 Å². The quantitative estimate of drug-likeness (QED) is 0.817. The average Bonchev–Trinajstić information content (AvgIpc) is 2.60. The van der Waals surface area contributed by atoms with E-state index < -0.39 is 0 Å². The number of rotatable bonds is 6. The van der Waals surface area contributed by atoms with Crippen molar-refractivity contribution in [1.29, 1.82) is 5.26 Å². The van der Waals surface area contributed by atoms with Gasteiger partial charge in [-0.05, 0) is 43.7 Å². The summed E-state index contributed by atoms with van der Waals surface area (Å²) in [6.07, 6.45) is 1.99. The van der Waals surface area contributed by atoms with Crippen molar-refractivity contribution in [2.45, 2.75) is 32.9 Å². The standard InChI is InChI=1S/C19H21N3O2/c1-14-7-8-18(12-21-14)24-13-16-5-4-6-17(11-16)19(23)22(3)15(2)9-10-20/h4-8,11-12,15H,9,13H2,1-3H3/t15-/m1/s1. The van der Waals surface area contributed by atoms with Crippen LogP contribution in [0.2, 0.25) is 0 Å². The molecule has 1 heterocycles. The molecule has 5 heteroatoms. The van der Waals surface area contributed by atoms with E-state index in [4.69, 9.17) is 10.00 Å². The molecule has 124 valence electrons. The Bertz CT molecular complexity index is 735. The molecule has 2 aromatic rings. The molecule has 0 fully saturated rings. The number of nitrogens with zero attached hydrogens (tertiary/aromatic N) is 3. The minimum Gasteiger partial charge on any atom is -0.487 e. The van der Waals surface area contributed by atoms with E-state index in [0.29, 0.717) is 24.3 Å². The van der Waals surface area contributed by atoms with Crippen molar-refractivity contribution in [2.24, 2.45) is 0 Å². The van der Waals surface area contributed by atoms with E-state index in [1.807, 2.05) is 44.2 Å². The molecule has 0 aliphatic heterocycles. The van der Waals surface area contributed by atoms with Gasteiger partial charge in [0.15, 0.2) is 0 Å². The maximum absolute atomic E-state index is 12.5. The number of carbonyl (C=O) groups excluding carboxylic acids is 1. The second-order valence-electron chi connectivity index (χ2n) is 5.75. The zero-order valence-corrected chi connectivity index (χ0v) is 14.2. The lowest BCUT2D eigenvalue weighted by Crippen LogP contribution is -2.34. The minimum atomic E-state index is -0.124. The SMILES string of the molecule is Cc1ccc(OCc2cccc(C(=O)N(C)[C@H](C)CC#N)c2)cn1. The van der Waals surface area contributed by atoms with Crippen LogP contribution in [0.3, 0.4) is 0 Å². The molecular formula is C19H21N3O2. The molecule has 1 aromatic carbocycles. The lowest BCUT2D eigenvalue weighted by Gasteiger charge is -2.23. The van der Waals surface area contributed by atoms with E-state index in [-0.39, 0.29) is 11.9 Å². The van der Waals surface area contributed by atoms with Crippen LogP contribution < -0.4 is 4.74 Å². The Morgan fingerprint density at radius 3 is 2.83 bits per heavy atom. The number of pyridine rings is 1. The normalized spacial score (nSPS) is 11.4. The topological polar surface area (TPSA) is 66.2 Å². The molecule has 0 unspecified atom stereocenters. The molecule has 0 spiro atoms. The Balaban J connectivity index is 2.04. The van der Waals surface area contributed by atoms with E-state index in [1.165, 1.54) is 0 Å². The highest BCUT2D eigenvalue weighted by molar-refractivity contribution is 5.94. The number of aryl methyl sites for hydroxylation is 1.